The first-order valence-corrected chi connectivity index (χ1v) is 3.65. The van der Waals surface area contributed by atoms with Gasteiger partial charge >= 0.3 is 6.03 Å². The van der Waals surface area contributed by atoms with Crippen molar-refractivity contribution in [1.29, 1.82) is 5.26 Å². The van der Waals surface area contributed by atoms with E-state index in [-0.39, 0.29) is 0 Å². The van der Waals surface area contributed by atoms with Gasteiger partial charge in [0, 0.05) is 14.1 Å². The van der Waals surface area contributed by atoms with Gasteiger partial charge in [-0.3, -0.25) is 10.2 Å². The second-order valence-corrected chi connectivity index (χ2v) is 2.66. The van der Waals surface area contributed by atoms with Gasteiger partial charge in [-0.15, -0.1) is 0 Å². The Hall–Kier alpha value is -1.77. The van der Waals surface area contributed by atoms with Gasteiger partial charge in [-0.05, 0) is 6.92 Å². The fourth-order valence-electron chi connectivity index (χ4n) is 0.394. The van der Waals surface area contributed by atoms with E-state index in [1.54, 1.807) is 6.07 Å². The molecule has 0 spiro atoms. The number of nitriles is 1. The Labute approximate surface area is 76.5 Å². The minimum Gasteiger partial charge on any atom is -0.330 e. The molecule has 6 nitrogen and oxygen atoms in total. The molecule has 0 fully saturated rings. The summed E-state index contributed by atoms with van der Waals surface area (Å²) in [7, 11) is 3.07. The summed E-state index contributed by atoms with van der Waals surface area (Å²) in [5, 5.41) is 8.35. The number of carbonyl (C=O) groups excluding carboxylic acids is 2. The second-order valence-electron chi connectivity index (χ2n) is 2.66. The van der Waals surface area contributed by atoms with Crippen molar-refractivity contribution in [3.8, 4) is 6.07 Å². The standard InChI is InChI=1S/C7H12N4O2/c1-5(4-8)6(12)9-10-7(13)11(2)3/h5H,1-3H3,(H,9,12)(H,10,13). The molecule has 0 aromatic heterocycles. The molecule has 0 aromatic carbocycles. The summed E-state index contributed by atoms with van der Waals surface area (Å²) in [6.45, 7) is 1.44. The van der Waals surface area contributed by atoms with Crippen LogP contribution in [0.15, 0.2) is 0 Å². The number of rotatable bonds is 1. The first-order valence-electron chi connectivity index (χ1n) is 3.65. The molecule has 0 aliphatic heterocycles. The van der Waals surface area contributed by atoms with Crippen LogP contribution in [0.5, 0.6) is 0 Å². The number of carbonyl (C=O) groups is 2. The van der Waals surface area contributed by atoms with E-state index in [2.05, 4.69) is 10.9 Å². The number of nitrogens with zero attached hydrogens (tertiary/aromatic N) is 2. The summed E-state index contributed by atoms with van der Waals surface area (Å²) in [6, 6.07) is 1.29. The van der Waals surface area contributed by atoms with E-state index < -0.39 is 17.9 Å². The first kappa shape index (κ1) is 11.2. The Morgan fingerprint density at radius 1 is 1.38 bits per heavy atom. The average molecular weight is 184 g/mol. The van der Waals surface area contributed by atoms with E-state index in [1.807, 2.05) is 0 Å². The maximum atomic E-state index is 10.9. The third kappa shape index (κ3) is 3.96. The van der Waals surface area contributed by atoms with Gasteiger partial charge in [-0.2, -0.15) is 5.26 Å². The van der Waals surface area contributed by atoms with Gasteiger partial charge in [-0.25, -0.2) is 10.2 Å². The highest BCUT2D eigenvalue weighted by Crippen LogP contribution is 1.88. The van der Waals surface area contributed by atoms with Crippen LogP contribution in [0.4, 0.5) is 4.79 Å². The third-order valence-electron chi connectivity index (χ3n) is 1.29. The highest BCUT2D eigenvalue weighted by atomic mass is 16.2. The number of urea groups is 1. The summed E-state index contributed by atoms with van der Waals surface area (Å²) in [4.78, 5) is 23.1. The monoisotopic (exact) mass is 184 g/mol. The maximum absolute atomic E-state index is 10.9. The Morgan fingerprint density at radius 3 is 2.31 bits per heavy atom. The van der Waals surface area contributed by atoms with Crippen LogP contribution in [-0.4, -0.2) is 30.9 Å². The largest absolute Gasteiger partial charge is 0.335 e. The molecular weight excluding hydrogens is 172 g/mol. The minimum absolute atomic E-state index is 0.446. The molecule has 2 N–H and O–H groups in total. The molecule has 0 aromatic rings. The van der Waals surface area contributed by atoms with Crippen molar-refractivity contribution >= 4 is 11.9 Å². The van der Waals surface area contributed by atoms with Crippen LogP contribution in [-0.2, 0) is 4.79 Å². The van der Waals surface area contributed by atoms with Gasteiger partial charge in [0.25, 0.3) is 5.91 Å². The molecule has 0 saturated heterocycles. The van der Waals surface area contributed by atoms with E-state index in [1.165, 1.54) is 25.9 Å². The van der Waals surface area contributed by atoms with Crippen LogP contribution in [0.3, 0.4) is 0 Å². The number of hydrogen-bond donors (Lipinski definition) is 2. The molecular formula is C7H12N4O2. The lowest BCUT2D eigenvalue weighted by atomic mass is 10.2. The van der Waals surface area contributed by atoms with E-state index in [9.17, 15) is 9.59 Å². The zero-order valence-corrected chi connectivity index (χ0v) is 7.79. The lowest BCUT2D eigenvalue weighted by molar-refractivity contribution is -0.123. The predicted octanol–water partition coefficient (Wildman–Crippen LogP) is -0.552. The highest BCUT2D eigenvalue weighted by Gasteiger charge is 2.12. The maximum Gasteiger partial charge on any atom is 0.335 e. The molecule has 6 heteroatoms. The summed E-state index contributed by atoms with van der Waals surface area (Å²) >= 11 is 0. The van der Waals surface area contributed by atoms with Crippen molar-refractivity contribution in [1.82, 2.24) is 15.8 Å². The van der Waals surface area contributed by atoms with Crippen LogP contribution in [0, 0.1) is 17.2 Å². The lowest BCUT2D eigenvalue weighted by Gasteiger charge is -2.12. The molecule has 72 valence electrons. The topological polar surface area (TPSA) is 85.2 Å². The molecule has 13 heavy (non-hydrogen) atoms. The Kier molecular flexibility index (Phi) is 4.30. The van der Waals surface area contributed by atoms with Gasteiger partial charge < -0.3 is 4.90 Å². The van der Waals surface area contributed by atoms with Crippen LogP contribution in [0.2, 0.25) is 0 Å². The molecule has 1 unspecified atom stereocenters. The fourth-order valence-corrected chi connectivity index (χ4v) is 0.394. The predicted molar refractivity (Wildman–Crippen MR) is 45.1 cm³/mol. The zero-order chi connectivity index (χ0) is 10.4. The van der Waals surface area contributed by atoms with E-state index in [0.29, 0.717) is 0 Å². The van der Waals surface area contributed by atoms with Crippen molar-refractivity contribution < 1.29 is 9.59 Å². The third-order valence-corrected chi connectivity index (χ3v) is 1.29. The molecule has 3 amide bonds. The van der Waals surface area contributed by atoms with Crippen molar-refractivity contribution in [2.45, 2.75) is 6.92 Å². The smallest absolute Gasteiger partial charge is 0.330 e. The van der Waals surface area contributed by atoms with Gasteiger partial charge in [-0.1, -0.05) is 0 Å². The van der Waals surface area contributed by atoms with Gasteiger partial charge in [0.2, 0.25) is 0 Å². The molecule has 0 saturated carbocycles. The quantitative estimate of drug-likeness (QED) is 0.536. The number of nitrogens with one attached hydrogen (secondary N) is 2. The minimum atomic E-state index is -0.775. The number of hydrogen-bond acceptors (Lipinski definition) is 3. The van der Waals surface area contributed by atoms with Crippen LogP contribution >= 0.6 is 0 Å². The molecule has 0 aliphatic rings. The average Bonchev–Trinajstić information content (AvgIpc) is 2.11. The Morgan fingerprint density at radius 2 is 1.92 bits per heavy atom. The fraction of sp³-hybridized carbons (Fsp3) is 0.571. The van der Waals surface area contributed by atoms with Crippen LogP contribution in [0.1, 0.15) is 6.92 Å². The van der Waals surface area contributed by atoms with Crippen molar-refractivity contribution in [3.63, 3.8) is 0 Å². The molecule has 0 bridgehead atoms. The molecule has 0 rings (SSSR count). The molecule has 1 atom stereocenters. The van der Waals surface area contributed by atoms with Gasteiger partial charge in [0.15, 0.2) is 0 Å². The number of hydrazine groups is 1. The molecule has 0 heterocycles. The van der Waals surface area contributed by atoms with E-state index >= 15 is 0 Å². The SMILES string of the molecule is CC(C#N)C(=O)NNC(=O)N(C)C. The van der Waals surface area contributed by atoms with Gasteiger partial charge in [0.05, 0.1) is 6.07 Å². The Balaban J connectivity index is 3.85. The Bertz CT molecular complexity index is 243. The highest BCUT2D eigenvalue weighted by molar-refractivity contribution is 5.83. The summed E-state index contributed by atoms with van der Waals surface area (Å²) in [6.07, 6.45) is 0. The first-order chi connectivity index (χ1) is 5.99. The second kappa shape index (κ2) is 4.98. The van der Waals surface area contributed by atoms with Crippen LogP contribution < -0.4 is 10.9 Å². The molecule has 0 radical (unpaired) electrons. The van der Waals surface area contributed by atoms with E-state index in [0.717, 1.165) is 0 Å². The summed E-state index contributed by atoms with van der Waals surface area (Å²) in [5.74, 6) is -1.31. The van der Waals surface area contributed by atoms with Crippen LogP contribution in [0.25, 0.3) is 0 Å². The summed E-state index contributed by atoms with van der Waals surface area (Å²) in [5.41, 5.74) is 4.25. The van der Waals surface area contributed by atoms with Crippen molar-refractivity contribution in [3.05, 3.63) is 0 Å². The van der Waals surface area contributed by atoms with Crippen molar-refractivity contribution in [2.24, 2.45) is 5.92 Å². The van der Waals surface area contributed by atoms with Crippen molar-refractivity contribution in [2.75, 3.05) is 14.1 Å². The zero-order valence-electron chi connectivity index (χ0n) is 7.79. The normalized spacial score (nSPS) is 10.9. The number of amides is 3. The van der Waals surface area contributed by atoms with E-state index in [4.69, 9.17) is 5.26 Å². The summed E-state index contributed by atoms with van der Waals surface area (Å²) < 4.78 is 0. The molecule has 0 aliphatic carbocycles. The van der Waals surface area contributed by atoms with Gasteiger partial charge in [0.1, 0.15) is 5.92 Å². The lowest BCUT2D eigenvalue weighted by Crippen LogP contribution is -2.47.